The standard InChI is InChI=1S/C14H31NO3S2Si.C2H7N/c1-11(2)21(12(3)4,13(5)6)19-10-9-15(14(7)16)20(8,17)18;1-3-2/h11-13H,9-10H2,1-8H3;3H,1-2H3. The first kappa shape index (κ1) is 26.2. The quantitative estimate of drug-likeness (QED) is 0.633. The van der Waals surface area contributed by atoms with Crippen LogP contribution in [0.25, 0.3) is 0 Å². The molecule has 0 radical (unpaired) electrons. The molecule has 1 amide bonds. The third-order valence-electron chi connectivity index (χ3n) is 4.11. The molecule has 0 aliphatic carbocycles. The number of amides is 1. The van der Waals surface area contributed by atoms with Crippen molar-refractivity contribution in [2.75, 3.05) is 32.6 Å². The lowest BCUT2D eigenvalue weighted by atomic mass is 10.5. The number of hydrogen-bond acceptors (Lipinski definition) is 5. The molecule has 24 heavy (non-hydrogen) atoms. The second-order valence-corrected chi connectivity index (χ2v) is 17.8. The van der Waals surface area contributed by atoms with Crippen molar-refractivity contribution >= 4 is 34.4 Å². The van der Waals surface area contributed by atoms with Gasteiger partial charge in [0.05, 0.1) is 6.26 Å². The molecule has 0 bridgehead atoms. The molecule has 8 heteroatoms. The Kier molecular flexibility index (Phi) is 12.6. The maximum absolute atomic E-state index is 11.6. The minimum absolute atomic E-state index is 0.278. The molecule has 146 valence electrons. The molecule has 0 aromatic carbocycles. The van der Waals surface area contributed by atoms with E-state index in [2.05, 4.69) is 46.9 Å². The molecule has 0 heterocycles. The molecule has 1 N–H and O–H groups in total. The highest BCUT2D eigenvalue weighted by Crippen LogP contribution is 2.49. The molecule has 0 atom stereocenters. The summed E-state index contributed by atoms with van der Waals surface area (Å²) in [5.74, 6) is 0.289. The Morgan fingerprint density at radius 1 is 1.04 bits per heavy atom. The minimum atomic E-state index is -3.46. The Labute approximate surface area is 155 Å². The van der Waals surface area contributed by atoms with Crippen molar-refractivity contribution in [1.82, 2.24) is 9.62 Å². The zero-order valence-corrected chi connectivity index (χ0v) is 19.8. The summed E-state index contributed by atoms with van der Waals surface area (Å²) in [6.45, 7) is 15.2. The summed E-state index contributed by atoms with van der Waals surface area (Å²) in [6.07, 6.45) is 1.09. The van der Waals surface area contributed by atoms with Gasteiger partial charge in [0, 0.05) is 19.2 Å². The number of hydrogen-bond donors (Lipinski definition) is 1. The van der Waals surface area contributed by atoms with E-state index in [1.165, 1.54) is 6.92 Å². The van der Waals surface area contributed by atoms with Crippen molar-refractivity contribution < 1.29 is 13.2 Å². The average Bonchev–Trinajstić information content (AvgIpc) is 2.36. The molecule has 0 aromatic heterocycles. The summed E-state index contributed by atoms with van der Waals surface area (Å²) in [7, 11) is -1.31. The molecule has 0 aromatic rings. The number of nitrogens with zero attached hydrogens (tertiary/aromatic N) is 1. The molecule has 0 saturated heterocycles. The van der Waals surface area contributed by atoms with E-state index in [0.29, 0.717) is 22.4 Å². The van der Waals surface area contributed by atoms with E-state index in [9.17, 15) is 13.2 Å². The molecular weight excluding hydrogens is 360 g/mol. The number of carbonyl (C=O) groups excluding carboxylic acids is 1. The van der Waals surface area contributed by atoms with Crippen LogP contribution in [0.3, 0.4) is 0 Å². The topological polar surface area (TPSA) is 66.5 Å². The van der Waals surface area contributed by atoms with Gasteiger partial charge < -0.3 is 5.32 Å². The van der Waals surface area contributed by atoms with Crippen LogP contribution in [0.5, 0.6) is 0 Å². The maximum Gasteiger partial charge on any atom is 0.234 e. The van der Waals surface area contributed by atoms with E-state index in [1.54, 1.807) is 0 Å². The van der Waals surface area contributed by atoms with Crippen LogP contribution in [-0.2, 0) is 14.8 Å². The Hall–Kier alpha value is -0.0531. The molecule has 0 aliphatic rings. The van der Waals surface area contributed by atoms with E-state index in [0.717, 1.165) is 10.6 Å². The fraction of sp³-hybridized carbons (Fsp3) is 0.938. The van der Waals surface area contributed by atoms with E-state index in [-0.39, 0.29) is 6.54 Å². The summed E-state index contributed by atoms with van der Waals surface area (Å²) >= 11 is 1.94. The number of nitrogens with one attached hydrogen (secondary N) is 1. The second kappa shape index (κ2) is 11.5. The zero-order valence-electron chi connectivity index (χ0n) is 17.1. The van der Waals surface area contributed by atoms with Crippen molar-refractivity contribution in [3.8, 4) is 0 Å². The monoisotopic (exact) mass is 398 g/mol. The Balaban J connectivity index is 0. The van der Waals surface area contributed by atoms with Gasteiger partial charge in [0.15, 0.2) is 0 Å². The van der Waals surface area contributed by atoms with Crippen molar-refractivity contribution in [3.63, 3.8) is 0 Å². The largest absolute Gasteiger partial charge is 0.323 e. The first-order valence-corrected chi connectivity index (χ1v) is 14.3. The Morgan fingerprint density at radius 2 is 1.38 bits per heavy atom. The predicted molar refractivity (Wildman–Crippen MR) is 111 cm³/mol. The number of carbonyl (C=O) groups is 1. The van der Waals surface area contributed by atoms with Crippen LogP contribution >= 0.6 is 11.2 Å². The van der Waals surface area contributed by atoms with Gasteiger partial charge in [-0.1, -0.05) is 41.5 Å². The van der Waals surface area contributed by atoms with Gasteiger partial charge in [-0.05, 0) is 30.7 Å². The van der Waals surface area contributed by atoms with Gasteiger partial charge in [-0.25, -0.2) is 12.7 Å². The van der Waals surface area contributed by atoms with Crippen molar-refractivity contribution in [3.05, 3.63) is 0 Å². The van der Waals surface area contributed by atoms with Crippen molar-refractivity contribution in [2.45, 2.75) is 65.1 Å². The third-order valence-corrected chi connectivity index (χ3v) is 18.0. The van der Waals surface area contributed by atoms with Crippen molar-refractivity contribution in [1.29, 1.82) is 0 Å². The third kappa shape index (κ3) is 7.88. The van der Waals surface area contributed by atoms with Crippen molar-refractivity contribution in [2.24, 2.45) is 0 Å². The van der Waals surface area contributed by atoms with Gasteiger partial charge >= 0.3 is 0 Å². The normalized spacial score (nSPS) is 12.4. The smallest absolute Gasteiger partial charge is 0.234 e. The van der Waals surface area contributed by atoms with E-state index in [4.69, 9.17) is 0 Å². The highest BCUT2D eigenvalue weighted by atomic mass is 32.4. The lowest BCUT2D eigenvalue weighted by molar-refractivity contribution is -0.124. The first-order valence-electron chi connectivity index (χ1n) is 8.49. The SMILES string of the molecule is CC(=O)N(CCS[Si](C(C)C)(C(C)C)C(C)C)S(C)(=O)=O.CNC. The van der Waals surface area contributed by atoms with E-state index < -0.39 is 23.2 Å². The molecular formula is C16H38N2O3S2Si. The van der Waals surface area contributed by atoms with Crippen LogP contribution in [0.1, 0.15) is 48.5 Å². The summed E-state index contributed by atoms with van der Waals surface area (Å²) in [5.41, 5.74) is 1.85. The highest BCUT2D eigenvalue weighted by Gasteiger charge is 2.43. The van der Waals surface area contributed by atoms with E-state index in [1.807, 2.05) is 25.3 Å². The molecule has 0 spiro atoms. The number of rotatable bonds is 8. The molecule has 0 aliphatic heterocycles. The lowest BCUT2D eigenvalue weighted by Crippen LogP contribution is -2.43. The van der Waals surface area contributed by atoms with Crippen LogP contribution in [0.15, 0.2) is 0 Å². The van der Waals surface area contributed by atoms with Gasteiger partial charge in [0.25, 0.3) is 0 Å². The number of sulfonamides is 1. The van der Waals surface area contributed by atoms with Gasteiger partial charge in [-0.2, -0.15) is 11.2 Å². The predicted octanol–water partition coefficient (Wildman–Crippen LogP) is 3.54. The lowest BCUT2D eigenvalue weighted by Gasteiger charge is -2.42. The van der Waals surface area contributed by atoms with Crippen LogP contribution in [0.2, 0.25) is 16.6 Å². The molecule has 5 nitrogen and oxygen atoms in total. The molecule has 0 fully saturated rings. The first-order chi connectivity index (χ1) is 10.8. The summed E-state index contributed by atoms with van der Waals surface area (Å²) < 4.78 is 24.3. The summed E-state index contributed by atoms with van der Waals surface area (Å²) in [6, 6.07) is 0. The van der Waals surface area contributed by atoms with Gasteiger partial charge in [0.1, 0.15) is 7.22 Å². The Bertz CT molecular complexity index is 444. The van der Waals surface area contributed by atoms with Crippen LogP contribution in [0.4, 0.5) is 0 Å². The minimum Gasteiger partial charge on any atom is -0.323 e. The Morgan fingerprint density at radius 3 is 1.58 bits per heavy atom. The highest BCUT2D eigenvalue weighted by molar-refractivity contribution is 8.29. The zero-order chi connectivity index (χ0) is 19.7. The van der Waals surface area contributed by atoms with Gasteiger partial charge in [-0.15, -0.1) is 0 Å². The summed E-state index contributed by atoms with van der Waals surface area (Å²) in [5, 5.41) is 2.75. The molecule has 0 rings (SSSR count). The fourth-order valence-corrected chi connectivity index (χ4v) is 14.3. The maximum atomic E-state index is 11.6. The second-order valence-electron chi connectivity index (χ2n) is 7.02. The fourth-order valence-electron chi connectivity index (χ4n) is 3.36. The van der Waals surface area contributed by atoms with E-state index >= 15 is 0 Å². The summed E-state index contributed by atoms with van der Waals surface area (Å²) in [4.78, 5) is 11.5. The van der Waals surface area contributed by atoms with Crippen LogP contribution in [-0.4, -0.2) is 58.5 Å². The molecule has 0 unspecified atom stereocenters. The van der Waals surface area contributed by atoms with Crippen LogP contribution < -0.4 is 5.32 Å². The molecule has 0 saturated carbocycles. The van der Waals surface area contributed by atoms with Crippen LogP contribution in [0, 0.1) is 0 Å². The van der Waals surface area contributed by atoms with Gasteiger partial charge in [0.2, 0.25) is 15.9 Å². The average molecular weight is 399 g/mol. The van der Waals surface area contributed by atoms with Gasteiger partial charge in [-0.3, -0.25) is 4.79 Å².